The molecule has 1 N–H and O–H groups in total. The van der Waals surface area contributed by atoms with Crippen LogP contribution in [0, 0.1) is 5.82 Å². The monoisotopic (exact) mass is 536 g/mol. The van der Waals surface area contributed by atoms with E-state index in [0.717, 1.165) is 16.7 Å². The maximum atomic E-state index is 13.4. The average Bonchev–Trinajstić information content (AvgIpc) is 3.16. The Labute approximate surface area is 223 Å². The highest BCUT2D eigenvalue weighted by Crippen LogP contribution is 2.35. The predicted octanol–water partition coefficient (Wildman–Crippen LogP) is 5.49. The molecule has 4 rings (SSSR count). The molecule has 10 heteroatoms. The fourth-order valence-electron chi connectivity index (χ4n) is 3.61. The van der Waals surface area contributed by atoms with E-state index in [1.165, 1.54) is 19.2 Å². The Hall–Kier alpha value is -4.31. The second-order valence-corrected chi connectivity index (χ2v) is 9.10. The zero-order valence-corrected chi connectivity index (χ0v) is 21.5. The van der Waals surface area contributed by atoms with Crippen LogP contribution in [0.4, 0.5) is 14.9 Å². The molecule has 3 aromatic carbocycles. The van der Waals surface area contributed by atoms with Crippen molar-refractivity contribution in [3.05, 3.63) is 88.6 Å². The number of anilines is 1. The van der Waals surface area contributed by atoms with Gasteiger partial charge in [-0.2, -0.15) is 0 Å². The van der Waals surface area contributed by atoms with Gasteiger partial charge in [0.15, 0.2) is 11.5 Å². The molecule has 0 spiro atoms. The molecule has 0 aromatic heterocycles. The molecule has 1 aliphatic rings. The fourth-order valence-corrected chi connectivity index (χ4v) is 4.45. The lowest BCUT2D eigenvalue weighted by atomic mass is 10.1. The SMILES string of the molecule is CCOc1ccc(NC(=O)CN2C(=O)S/C(=C/c3ccc(OCc4cccc(F)c4)c(OC)c3)C2=O)cc1. The van der Waals surface area contributed by atoms with Gasteiger partial charge in [-0.3, -0.25) is 19.3 Å². The van der Waals surface area contributed by atoms with Crippen LogP contribution in [-0.2, 0) is 16.2 Å². The number of nitrogens with one attached hydrogen (secondary N) is 1. The third-order valence-corrected chi connectivity index (χ3v) is 6.30. The van der Waals surface area contributed by atoms with E-state index in [1.807, 2.05) is 6.92 Å². The van der Waals surface area contributed by atoms with Crippen LogP contribution < -0.4 is 19.5 Å². The number of methoxy groups -OCH3 is 1. The highest BCUT2D eigenvalue weighted by atomic mass is 32.2. The fraction of sp³-hybridized carbons (Fsp3) is 0.179. The third-order valence-electron chi connectivity index (χ3n) is 5.39. The molecule has 0 saturated carbocycles. The van der Waals surface area contributed by atoms with Gasteiger partial charge in [-0.05, 0) is 84.4 Å². The first kappa shape index (κ1) is 26.7. The standard InChI is InChI=1S/C28H25FN2O6S/c1-3-36-22-10-8-21(9-11-22)30-26(32)16-31-27(33)25(38-28(31)34)15-18-7-12-23(24(14-18)35-2)37-17-19-5-4-6-20(29)13-19/h4-15H,3,16-17H2,1-2H3,(H,30,32)/b25-15+. The number of imide groups is 1. The van der Waals surface area contributed by atoms with Crippen molar-refractivity contribution in [3.63, 3.8) is 0 Å². The van der Waals surface area contributed by atoms with Gasteiger partial charge in [0.1, 0.15) is 24.7 Å². The number of amides is 3. The van der Waals surface area contributed by atoms with Gasteiger partial charge in [0.05, 0.1) is 18.6 Å². The highest BCUT2D eigenvalue weighted by molar-refractivity contribution is 8.18. The zero-order valence-electron chi connectivity index (χ0n) is 20.7. The van der Waals surface area contributed by atoms with Crippen LogP contribution in [0.1, 0.15) is 18.1 Å². The number of halogens is 1. The van der Waals surface area contributed by atoms with E-state index in [-0.39, 0.29) is 17.3 Å². The molecule has 1 aliphatic heterocycles. The van der Waals surface area contributed by atoms with Crippen LogP contribution in [0.5, 0.6) is 17.2 Å². The van der Waals surface area contributed by atoms with Gasteiger partial charge < -0.3 is 19.5 Å². The van der Waals surface area contributed by atoms with Crippen molar-refractivity contribution < 1.29 is 33.0 Å². The lowest BCUT2D eigenvalue weighted by molar-refractivity contribution is -0.127. The summed E-state index contributed by atoms with van der Waals surface area (Å²) in [7, 11) is 1.48. The predicted molar refractivity (Wildman–Crippen MR) is 143 cm³/mol. The number of nitrogens with zero attached hydrogens (tertiary/aromatic N) is 1. The molecule has 0 radical (unpaired) electrons. The summed E-state index contributed by atoms with van der Waals surface area (Å²) in [5, 5.41) is 2.13. The molecule has 0 aliphatic carbocycles. The number of carbonyl (C=O) groups excluding carboxylic acids is 3. The summed E-state index contributed by atoms with van der Waals surface area (Å²) in [4.78, 5) is 38.9. The second-order valence-electron chi connectivity index (χ2n) is 8.10. The minimum absolute atomic E-state index is 0.144. The largest absolute Gasteiger partial charge is 0.494 e. The Morgan fingerprint density at radius 1 is 1.03 bits per heavy atom. The second kappa shape index (κ2) is 12.3. The Balaban J connectivity index is 1.39. The molecule has 38 heavy (non-hydrogen) atoms. The Morgan fingerprint density at radius 2 is 1.82 bits per heavy atom. The molecule has 8 nitrogen and oxygen atoms in total. The van der Waals surface area contributed by atoms with Crippen molar-refractivity contribution in [1.29, 1.82) is 0 Å². The molecule has 0 unspecified atom stereocenters. The van der Waals surface area contributed by atoms with Gasteiger partial charge >= 0.3 is 0 Å². The summed E-state index contributed by atoms with van der Waals surface area (Å²) in [6.45, 7) is 2.13. The van der Waals surface area contributed by atoms with Crippen molar-refractivity contribution in [2.75, 3.05) is 25.6 Å². The van der Waals surface area contributed by atoms with Crippen LogP contribution in [0.15, 0.2) is 71.6 Å². The van der Waals surface area contributed by atoms with E-state index in [0.29, 0.717) is 40.7 Å². The number of thioether (sulfide) groups is 1. The molecule has 1 fully saturated rings. The molecule has 196 valence electrons. The van der Waals surface area contributed by atoms with E-state index in [4.69, 9.17) is 14.2 Å². The molecular weight excluding hydrogens is 511 g/mol. The maximum Gasteiger partial charge on any atom is 0.294 e. The summed E-state index contributed by atoms with van der Waals surface area (Å²) in [6.07, 6.45) is 1.55. The summed E-state index contributed by atoms with van der Waals surface area (Å²) in [5.74, 6) is 0.101. The highest BCUT2D eigenvalue weighted by Gasteiger charge is 2.36. The number of carbonyl (C=O) groups is 3. The quantitative estimate of drug-likeness (QED) is 0.343. The number of ether oxygens (including phenoxy) is 3. The van der Waals surface area contributed by atoms with E-state index < -0.39 is 23.6 Å². The normalized spacial score (nSPS) is 14.1. The summed E-state index contributed by atoms with van der Waals surface area (Å²) >= 11 is 0.753. The topological polar surface area (TPSA) is 94.2 Å². The minimum atomic E-state index is -0.563. The minimum Gasteiger partial charge on any atom is -0.494 e. The third kappa shape index (κ3) is 6.71. The van der Waals surface area contributed by atoms with Crippen molar-refractivity contribution in [2.24, 2.45) is 0 Å². The number of hydrogen-bond acceptors (Lipinski definition) is 7. The van der Waals surface area contributed by atoms with E-state index in [9.17, 15) is 18.8 Å². The first-order valence-electron chi connectivity index (χ1n) is 11.7. The van der Waals surface area contributed by atoms with Gasteiger partial charge in [-0.25, -0.2) is 4.39 Å². The van der Waals surface area contributed by atoms with Crippen LogP contribution in [-0.4, -0.2) is 42.2 Å². The van der Waals surface area contributed by atoms with Crippen molar-refractivity contribution in [2.45, 2.75) is 13.5 Å². The van der Waals surface area contributed by atoms with Crippen molar-refractivity contribution in [1.82, 2.24) is 4.90 Å². The van der Waals surface area contributed by atoms with Gasteiger partial charge in [-0.1, -0.05) is 18.2 Å². The number of hydrogen-bond donors (Lipinski definition) is 1. The lowest BCUT2D eigenvalue weighted by Crippen LogP contribution is -2.36. The maximum absolute atomic E-state index is 13.4. The lowest BCUT2D eigenvalue weighted by Gasteiger charge is -2.13. The molecule has 3 amide bonds. The van der Waals surface area contributed by atoms with Gasteiger partial charge in [0.2, 0.25) is 5.91 Å². The van der Waals surface area contributed by atoms with E-state index in [1.54, 1.807) is 60.7 Å². The Bertz CT molecular complexity index is 1380. The smallest absolute Gasteiger partial charge is 0.294 e. The summed E-state index contributed by atoms with van der Waals surface area (Å²) in [5.41, 5.74) is 1.79. The van der Waals surface area contributed by atoms with Crippen LogP contribution in [0.25, 0.3) is 6.08 Å². The van der Waals surface area contributed by atoms with E-state index in [2.05, 4.69) is 5.32 Å². The van der Waals surface area contributed by atoms with Crippen LogP contribution >= 0.6 is 11.8 Å². The van der Waals surface area contributed by atoms with Crippen molar-refractivity contribution in [3.8, 4) is 17.2 Å². The first-order valence-corrected chi connectivity index (χ1v) is 12.5. The van der Waals surface area contributed by atoms with Gasteiger partial charge in [0.25, 0.3) is 11.1 Å². The summed E-state index contributed by atoms with van der Waals surface area (Å²) in [6, 6.07) is 17.9. The zero-order chi connectivity index (χ0) is 27.1. The Morgan fingerprint density at radius 3 is 2.53 bits per heavy atom. The number of rotatable bonds is 10. The van der Waals surface area contributed by atoms with Crippen LogP contribution in [0.3, 0.4) is 0 Å². The first-order chi connectivity index (χ1) is 18.4. The molecule has 3 aromatic rings. The number of benzene rings is 3. The molecule has 0 bridgehead atoms. The molecule has 1 heterocycles. The molecule has 0 atom stereocenters. The Kier molecular flexibility index (Phi) is 8.65. The molecule has 1 saturated heterocycles. The van der Waals surface area contributed by atoms with Crippen LogP contribution in [0.2, 0.25) is 0 Å². The molecular formula is C28H25FN2O6S. The van der Waals surface area contributed by atoms with E-state index >= 15 is 0 Å². The summed E-state index contributed by atoms with van der Waals surface area (Å²) < 4.78 is 29.9. The average molecular weight is 537 g/mol. The van der Waals surface area contributed by atoms with Gasteiger partial charge in [0, 0.05) is 5.69 Å². The van der Waals surface area contributed by atoms with Crippen molar-refractivity contribution >= 4 is 40.6 Å². The van der Waals surface area contributed by atoms with Gasteiger partial charge in [-0.15, -0.1) is 0 Å².